The standard InChI is InChI=1S/C23H42N6O2/c1-4-24-23(25-9-5-6-21(30)26-20-7-8-20)28-12-10-27(11-13-28)17-22(31)29-15-18(2)14-19(3)16-29/h18-20H,4-17H2,1-3H3,(H,24,25)(H,26,30). The molecular formula is C23H42N6O2. The fourth-order valence-electron chi connectivity index (χ4n) is 4.65. The molecule has 0 radical (unpaired) electrons. The van der Waals surface area contributed by atoms with Crippen LogP contribution in [-0.4, -0.2) is 97.4 Å². The highest BCUT2D eigenvalue weighted by Gasteiger charge is 2.28. The molecule has 8 nitrogen and oxygen atoms in total. The third-order valence-corrected chi connectivity index (χ3v) is 6.35. The van der Waals surface area contributed by atoms with Crippen LogP contribution in [0.4, 0.5) is 0 Å². The first-order valence-electron chi connectivity index (χ1n) is 12.3. The lowest BCUT2D eigenvalue weighted by atomic mass is 9.92. The van der Waals surface area contributed by atoms with Crippen LogP contribution in [0.3, 0.4) is 0 Å². The summed E-state index contributed by atoms with van der Waals surface area (Å²) >= 11 is 0. The van der Waals surface area contributed by atoms with Crippen molar-refractivity contribution in [3.63, 3.8) is 0 Å². The third kappa shape index (κ3) is 7.98. The van der Waals surface area contributed by atoms with Gasteiger partial charge in [0.25, 0.3) is 0 Å². The van der Waals surface area contributed by atoms with Crippen LogP contribution < -0.4 is 10.6 Å². The smallest absolute Gasteiger partial charge is 0.236 e. The summed E-state index contributed by atoms with van der Waals surface area (Å²) in [4.78, 5) is 35.9. The van der Waals surface area contributed by atoms with Crippen LogP contribution >= 0.6 is 0 Å². The van der Waals surface area contributed by atoms with E-state index in [1.54, 1.807) is 0 Å². The Morgan fingerprint density at radius 1 is 1.00 bits per heavy atom. The summed E-state index contributed by atoms with van der Waals surface area (Å²) in [5.41, 5.74) is 0. The van der Waals surface area contributed by atoms with Gasteiger partial charge in [-0.05, 0) is 44.4 Å². The molecule has 2 atom stereocenters. The summed E-state index contributed by atoms with van der Waals surface area (Å²) in [6.07, 6.45) is 4.79. The molecule has 1 saturated carbocycles. The van der Waals surface area contributed by atoms with Gasteiger partial charge in [-0.3, -0.25) is 19.5 Å². The van der Waals surface area contributed by atoms with E-state index in [0.717, 1.165) is 71.0 Å². The zero-order valence-electron chi connectivity index (χ0n) is 19.7. The molecule has 2 aliphatic heterocycles. The van der Waals surface area contributed by atoms with Crippen molar-refractivity contribution in [2.75, 3.05) is 58.9 Å². The van der Waals surface area contributed by atoms with Gasteiger partial charge in [-0.15, -0.1) is 0 Å². The zero-order chi connectivity index (χ0) is 22.2. The van der Waals surface area contributed by atoms with Gasteiger partial charge in [-0.2, -0.15) is 0 Å². The molecule has 176 valence electrons. The Balaban J connectivity index is 1.39. The number of hydrogen-bond acceptors (Lipinski definition) is 4. The summed E-state index contributed by atoms with van der Waals surface area (Å²) in [5.74, 6) is 2.55. The van der Waals surface area contributed by atoms with Crippen molar-refractivity contribution in [1.29, 1.82) is 0 Å². The van der Waals surface area contributed by atoms with Gasteiger partial charge in [0, 0.05) is 64.8 Å². The Bertz CT molecular complexity index is 618. The zero-order valence-corrected chi connectivity index (χ0v) is 19.7. The Morgan fingerprint density at radius 2 is 1.68 bits per heavy atom. The minimum Gasteiger partial charge on any atom is -0.357 e. The average Bonchev–Trinajstić information content (AvgIpc) is 3.54. The number of amides is 2. The lowest BCUT2D eigenvalue weighted by Crippen LogP contribution is -2.55. The van der Waals surface area contributed by atoms with E-state index in [0.29, 0.717) is 37.4 Å². The van der Waals surface area contributed by atoms with Gasteiger partial charge in [0.1, 0.15) is 0 Å². The van der Waals surface area contributed by atoms with Gasteiger partial charge in [0.15, 0.2) is 5.96 Å². The molecule has 0 spiro atoms. The number of nitrogens with one attached hydrogen (secondary N) is 2. The van der Waals surface area contributed by atoms with E-state index < -0.39 is 0 Å². The molecule has 3 fully saturated rings. The molecule has 0 aromatic heterocycles. The van der Waals surface area contributed by atoms with Crippen molar-refractivity contribution in [2.24, 2.45) is 16.8 Å². The lowest BCUT2D eigenvalue weighted by molar-refractivity contribution is -0.135. The van der Waals surface area contributed by atoms with E-state index in [1.165, 1.54) is 6.42 Å². The molecule has 2 N–H and O–H groups in total. The van der Waals surface area contributed by atoms with Gasteiger partial charge in [0.2, 0.25) is 11.8 Å². The maximum Gasteiger partial charge on any atom is 0.236 e. The van der Waals surface area contributed by atoms with E-state index in [-0.39, 0.29) is 11.8 Å². The van der Waals surface area contributed by atoms with Crippen molar-refractivity contribution in [3.05, 3.63) is 0 Å². The Morgan fingerprint density at radius 3 is 2.29 bits per heavy atom. The minimum absolute atomic E-state index is 0.151. The number of rotatable bonds is 8. The average molecular weight is 435 g/mol. The Kier molecular flexibility index (Phi) is 8.99. The number of aliphatic imine (C=N–C) groups is 1. The molecule has 3 rings (SSSR count). The van der Waals surface area contributed by atoms with Gasteiger partial charge >= 0.3 is 0 Å². The van der Waals surface area contributed by atoms with Crippen molar-refractivity contribution in [2.45, 2.75) is 58.9 Å². The van der Waals surface area contributed by atoms with Crippen LogP contribution in [0.15, 0.2) is 4.99 Å². The number of piperidine rings is 1. The molecule has 3 aliphatic rings. The molecule has 2 amide bonds. The van der Waals surface area contributed by atoms with E-state index in [1.807, 2.05) is 0 Å². The normalized spacial score (nSPS) is 25.5. The van der Waals surface area contributed by atoms with Gasteiger partial charge in [0.05, 0.1) is 6.54 Å². The van der Waals surface area contributed by atoms with Crippen molar-refractivity contribution >= 4 is 17.8 Å². The molecule has 0 aromatic rings. The molecular weight excluding hydrogens is 392 g/mol. The lowest BCUT2D eigenvalue weighted by Gasteiger charge is -2.39. The maximum absolute atomic E-state index is 12.8. The first-order valence-corrected chi connectivity index (χ1v) is 12.3. The number of nitrogens with zero attached hydrogens (tertiary/aromatic N) is 4. The summed E-state index contributed by atoms with van der Waals surface area (Å²) in [6.45, 7) is 13.9. The van der Waals surface area contributed by atoms with Crippen LogP contribution in [0, 0.1) is 11.8 Å². The van der Waals surface area contributed by atoms with Gasteiger partial charge < -0.3 is 20.4 Å². The molecule has 0 bridgehead atoms. The first kappa shape index (κ1) is 23.8. The van der Waals surface area contributed by atoms with Gasteiger partial charge in [-0.25, -0.2) is 0 Å². The minimum atomic E-state index is 0.151. The number of carbonyl (C=O) groups is 2. The van der Waals surface area contributed by atoms with Crippen LogP contribution in [0.25, 0.3) is 0 Å². The maximum atomic E-state index is 12.8. The number of guanidine groups is 1. The second kappa shape index (κ2) is 11.7. The molecule has 0 aromatic carbocycles. The predicted molar refractivity (Wildman–Crippen MR) is 124 cm³/mol. The summed E-state index contributed by atoms with van der Waals surface area (Å²) in [5, 5.41) is 6.41. The van der Waals surface area contributed by atoms with Crippen LogP contribution in [0.1, 0.15) is 52.9 Å². The highest BCUT2D eigenvalue weighted by atomic mass is 16.2. The highest BCUT2D eigenvalue weighted by molar-refractivity contribution is 5.80. The van der Waals surface area contributed by atoms with Crippen LogP contribution in [0.2, 0.25) is 0 Å². The molecule has 2 heterocycles. The number of likely N-dealkylation sites (tertiary alicyclic amines) is 1. The predicted octanol–water partition coefficient (Wildman–Crippen LogP) is 1.13. The first-order chi connectivity index (χ1) is 14.9. The monoisotopic (exact) mass is 434 g/mol. The van der Waals surface area contributed by atoms with Crippen LogP contribution in [0.5, 0.6) is 0 Å². The van der Waals surface area contributed by atoms with Crippen LogP contribution in [-0.2, 0) is 9.59 Å². The van der Waals surface area contributed by atoms with E-state index in [2.05, 4.69) is 46.1 Å². The summed E-state index contributed by atoms with van der Waals surface area (Å²) in [6, 6.07) is 0.429. The largest absolute Gasteiger partial charge is 0.357 e. The molecule has 8 heteroatoms. The van der Waals surface area contributed by atoms with Crippen molar-refractivity contribution in [1.82, 2.24) is 25.3 Å². The SMILES string of the molecule is CCNC(=NCCCC(=O)NC1CC1)N1CCN(CC(=O)N2CC(C)CC(C)C2)CC1. The fourth-order valence-corrected chi connectivity index (χ4v) is 4.65. The van der Waals surface area contributed by atoms with E-state index >= 15 is 0 Å². The second-order valence-corrected chi connectivity index (χ2v) is 9.69. The fraction of sp³-hybridized carbons (Fsp3) is 0.870. The van der Waals surface area contributed by atoms with E-state index in [9.17, 15) is 9.59 Å². The Hall–Kier alpha value is -1.83. The molecule has 1 aliphatic carbocycles. The van der Waals surface area contributed by atoms with Crippen molar-refractivity contribution < 1.29 is 9.59 Å². The quantitative estimate of drug-likeness (QED) is 0.340. The number of carbonyl (C=O) groups excluding carboxylic acids is 2. The third-order valence-electron chi connectivity index (χ3n) is 6.35. The number of piperazine rings is 1. The second-order valence-electron chi connectivity index (χ2n) is 9.69. The van der Waals surface area contributed by atoms with Crippen molar-refractivity contribution in [3.8, 4) is 0 Å². The molecule has 2 unspecified atom stereocenters. The topological polar surface area (TPSA) is 80.3 Å². The summed E-state index contributed by atoms with van der Waals surface area (Å²) in [7, 11) is 0. The van der Waals surface area contributed by atoms with Gasteiger partial charge in [-0.1, -0.05) is 13.8 Å². The van der Waals surface area contributed by atoms with E-state index in [4.69, 9.17) is 4.99 Å². The Labute approximate surface area is 187 Å². The molecule has 31 heavy (non-hydrogen) atoms. The number of hydrogen-bond donors (Lipinski definition) is 2. The summed E-state index contributed by atoms with van der Waals surface area (Å²) < 4.78 is 0. The highest BCUT2D eigenvalue weighted by Crippen LogP contribution is 2.21. The molecule has 2 saturated heterocycles.